The summed E-state index contributed by atoms with van der Waals surface area (Å²) in [6, 6.07) is 78.5. The van der Waals surface area contributed by atoms with E-state index in [1.54, 1.807) is 0 Å². The number of benzene rings is 8. The van der Waals surface area contributed by atoms with Crippen LogP contribution in [0.15, 0.2) is 266 Å². The van der Waals surface area contributed by atoms with E-state index in [4.69, 9.17) is 0 Å². The number of anilines is 4. The Morgan fingerprint density at radius 2 is 0.694 bits per heavy atom. The lowest BCUT2D eigenvalue weighted by molar-refractivity contribution is 0.825. The van der Waals surface area contributed by atoms with Gasteiger partial charge in [-0.3, -0.25) is 0 Å². The number of hydrogen-bond donors (Lipinski definition) is 0. The SMILES string of the molecule is C1=CC(c2ccccc2)CC=C1N(C1=CCC(c2ccccc2-c2ccc(N(c3ccccc3)c3ccc(-c4ccccc4)cc3)cc2)C=C1)c1ccc(-c2ccccc2)cc1. The number of nitrogens with zero attached hydrogens (tertiary/aromatic N) is 2. The number of hydrogen-bond acceptors (Lipinski definition) is 2. The summed E-state index contributed by atoms with van der Waals surface area (Å²) >= 11 is 0. The molecule has 2 aliphatic carbocycles. The van der Waals surface area contributed by atoms with Gasteiger partial charge in [0.15, 0.2) is 0 Å². The zero-order chi connectivity index (χ0) is 41.5. The minimum atomic E-state index is 0.249. The summed E-state index contributed by atoms with van der Waals surface area (Å²) < 4.78 is 0. The largest absolute Gasteiger partial charge is 0.311 e. The van der Waals surface area contributed by atoms with Crippen LogP contribution in [0, 0.1) is 0 Å². The summed E-state index contributed by atoms with van der Waals surface area (Å²) in [4.78, 5) is 4.76. The van der Waals surface area contributed by atoms with Crippen molar-refractivity contribution in [2.45, 2.75) is 24.7 Å². The first-order valence-corrected chi connectivity index (χ1v) is 21.7. The topological polar surface area (TPSA) is 6.48 Å². The van der Waals surface area contributed by atoms with Gasteiger partial charge in [0.25, 0.3) is 0 Å². The molecule has 0 fully saturated rings. The highest BCUT2D eigenvalue weighted by Gasteiger charge is 2.23. The van der Waals surface area contributed by atoms with Crippen LogP contribution in [0.5, 0.6) is 0 Å². The average molecular weight is 797 g/mol. The molecule has 8 aromatic rings. The number of allylic oxidation sites excluding steroid dienone is 6. The molecule has 0 amide bonds. The summed E-state index contributed by atoms with van der Waals surface area (Å²) in [6.07, 6.45) is 16.1. The van der Waals surface area contributed by atoms with Gasteiger partial charge in [0.05, 0.1) is 0 Å². The molecule has 0 aromatic heterocycles. The molecule has 2 unspecified atom stereocenters. The summed E-state index contributed by atoms with van der Waals surface area (Å²) in [7, 11) is 0. The second-order valence-electron chi connectivity index (χ2n) is 16.0. The van der Waals surface area contributed by atoms with Crippen molar-refractivity contribution >= 4 is 22.7 Å². The standard InChI is InChI=1S/C60H48N2/c1-5-15-45(16-6-1)48-25-35-54(36-26-48)61(53-21-11-4-12-22-53)57-41-31-51(32-42-57)59-23-13-14-24-60(59)52-33-43-58(44-34-52)62(55-37-27-49(28-38-55)46-17-7-2-8-18-46)56-39-29-50(30-40-56)47-19-9-3-10-20-47/h1-29,31-33,35-44,50,52H,30,34H2. The Morgan fingerprint density at radius 1 is 0.306 bits per heavy atom. The second kappa shape index (κ2) is 17.9. The van der Waals surface area contributed by atoms with Crippen LogP contribution in [0.3, 0.4) is 0 Å². The van der Waals surface area contributed by atoms with Crippen LogP contribution in [-0.2, 0) is 0 Å². The van der Waals surface area contributed by atoms with Crippen molar-refractivity contribution in [1.29, 1.82) is 0 Å². The summed E-state index contributed by atoms with van der Waals surface area (Å²) in [6.45, 7) is 0. The van der Waals surface area contributed by atoms with Gasteiger partial charge in [-0.2, -0.15) is 0 Å². The van der Waals surface area contributed by atoms with Crippen molar-refractivity contribution in [1.82, 2.24) is 0 Å². The van der Waals surface area contributed by atoms with Crippen molar-refractivity contribution < 1.29 is 0 Å². The van der Waals surface area contributed by atoms with Crippen molar-refractivity contribution in [3.8, 4) is 33.4 Å². The second-order valence-corrected chi connectivity index (χ2v) is 16.0. The number of rotatable bonds is 11. The van der Waals surface area contributed by atoms with E-state index in [-0.39, 0.29) is 5.92 Å². The smallest absolute Gasteiger partial charge is 0.0462 e. The van der Waals surface area contributed by atoms with E-state index in [2.05, 4.69) is 265 Å². The molecular weight excluding hydrogens is 749 g/mol. The highest BCUT2D eigenvalue weighted by molar-refractivity contribution is 5.80. The summed E-state index contributed by atoms with van der Waals surface area (Å²) in [5.41, 5.74) is 17.0. The Kier molecular flexibility index (Phi) is 11.1. The van der Waals surface area contributed by atoms with Gasteiger partial charge in [-0.1, -0.05) is 194 Å². The average Bonchev–Trinajstić information content (AvgIpc) is 3.36. The highest BCUT2D eigenvalue weighted by Crippen LogP contribution is 2.41. The molecule has 0 N–H and O–H groups in total. The molecule has 2 heteroatoms. The first-order valence-electron chi connectivity index (χ1n) is 21.7. The van der Waals surface area contributed by atoms with Crippen molar-refractivity contribution in [2.75, 3.05) is 9.80 Å². The van der Waals surface area contributed by atoms with Gasteiger partial charge >= 0.3 is 0 Å². The molecule has 2 nitrogen and oxygen atoms in total. The van der Waals surface area contributed by atoms with Crippen LogP contribution in [-0.4, -0.2) is 0 Å². The first-order chi connectivity index (χ1) is 30.7. The maximum atomic E-state index is 2.43. The van der Waals surface area contributed by atoms with Gasteiger partial charge in [-0.25, -0.2) is 0 Å². The lowest BCUT2D eigenvalue weighted by Crippen LogP contribution is -2.22. The van der Waals surface area contributed by atoms with Crippen molar-refractivity contribution in [3.05, 3.63) is 277 Å². The zero-order valence-corrected chi connectivity index (χ0v) is 34.7. The van der Waals surface area contributed by atoms with Crippen LogP contribution >= 0.6 is 0 Å². The van der Waals surface area contributed by atoms with Gasteiger partial charge in [0, 0.05) is 46.0 Å². The molecule has 10 rings (SSSR count). The minimum Gasteiger partial charge on any atom is -0.311 e. The van der Waals surface area contributed by atoms with E-state index in [0.717, 1.165) is 35.6 Å². The molecule has 2 atom stereocenters. The molecule has 0 saturated carbocycles. The third-order valence-corrected chi connectivity index (χ3v) is 12.2. The molecule has 0 radical (unpaired) electrons. The van der Waals surface area contributed by atoms with Gasteiger partial charge in [0.2, 0.25) is 0 Å². The number of para-hydroxylation sites is 1. The highest BCUT2D eigenvalue weighted by atomic mass is 15.2. The molecule has 0 spiro atoms. The summed E-state index contributed by atoms with van der Waals surface area (Å²) in [5, 5.41) is 0. The molecule has 0 saturated heterocycles. The van der Waals surface area contributed by atoms with E-state index in [0.29, 0.717) is 5.92 Å². The molecule has 2 aliphatic rings. The fraction of sp³-hybridized carbons (Fsp3) is 0.0667. The molecule has 298 valence electrons. The Hall–Kier alpha value is -7.68. The predicted molar refractivity (Wildman–Crippen MR) is 262 cm³/mol. The van der Waals surface area contributed by atoms with E-state index >= 15 is 0 Å². The predicted octanol–water partition coefficient (Wildman–Crippen LogP) is 16.2. The van der Waals surface area contributed by atoms with Crippen LogP contribution in [0.1, 0.15) is 35.8 Å². The molecule has 8 aromatic carbocycles. The molecule has 0 heterocycles. The molecule has 62 heavy (non-hydrogen) atoms. The maximum Gasteiger partial charge on any atom is 0.0462 e. The lowest BCUT2D eigenvalue weighted by atomic mass is 9.85. The molecule has 0 bridgehead atoms. The van der Waals surface area contributed by atoms with E-state index < -0.39 is 0 Å². The van der Waals surface area contributed by atoms with Crippen LogP contribution in [0.4, 0.5) is 22.7 Å². The third kappa shape index (κ3) is 8.24. The maximum absolute atomic E-state index is 2.43. The first kappa shape index (κ1) is 38.5. The van der Waals surface area contributed by atoms with Gasteiger partial charge in [-0.05, 0) is 118 Å². The van der Waals surface area contributed by atoms with Gasteiger partial charge < -0.3 is 9.80 Å². The van der Waals surface area contributed by atoms with E-state index in [9.17, 15) is 0 Å². The van der Waals surface area contributed by atoms with Gasteiger partial charge in [-0.15, -0.1) is 0 Å². The quantitative estimate of drug-likeness (QED) is 0.129. The van der Waals surface area contributed by atoms with Crippen molar-refractivity contribution in [2.24, 2.45) is 0 Å². The monoisotopic (exact) mass is 796 g/mol. The van der Waals surface area contributed by atoms with Crippen LogP contribution < -0.4 is 9.80 Å². The van der Waals surface area contributed by atoms with E-state index in [1.165, 1.54) is 55.9 Å². The van der Waals surface area contributed by atoms with E-state index in [1.807, 2.05) is 0 Å². The van der Waals surface area contributed by atoms with Crippen LogP contribution in [0.25, 0.3) is 33.4 Å². The van der Waals surface area contributed by atoms with Crippen LogP contribution in [0.2, 0.25) is 0 Å². The normalized spacial score (nSPS) is 15.7. The zero-order valence-electron chi connectivity index (χ0n) is 34.7. The molecular formula is C60H48N2. The molecule has 0 aliphatic heterocycles. The third-order valence-electron chi connectivity index (χ3n) is 12.2. The van der Waals surface area contributed by atoms with Crippen molar-refractivity contribution in [3.63, 3.8) is 0 Å². The Balaban J connectivity index is 0.918. The Labute approximate surface area is 366 Å². The lowest BCUT2D eigenvalue weighted by Gasteiger charge is -2.32. The Morgan fingerprint density at radius 3 is 1.19 bits per heavy atom. The fourth-order valence-electron chi connectivity index (χ4n) is 8.94. The summed E-state index contributed by atoms with van der Waals surface area (Å²) in [5.74, 6) is 0.625. The minimum absolute atomic E-state index is 0.249. The Bertz CT molecular complexity index is 2860. The fourth-order valence-corrected chi connectivity index (χ4v) is 8.94. The van der Waals surface area contributed by atoms with Gasteiger partial charge in [0.1, 0.15) is 0 Å².